The van der Waals surface area contributed by atoms with Gasteiger partial charge in [0.25, 0.3) is 0 Å². The van der Waals surface area contributed by atoms with E-state index in [1.807, 2.05) is 12.1 Å². The summed E-state index contributed by atoms with van der Waals surface area (Å²) in [4.78, 5) is 2.39. The number of hydrogen-bond acceptors (Lipinski definition) is 4. The SMILES string of the molecule is CN1CCCNCC1c1cccc2c1OCO2. The molecule has 0 aliphatic carbocycles. The Bertz CT molecular complexity index is 408. The maximum absolute atomic E-state index is 5.60. The average Bonchev–Trinajstić information content (AvgIpc) is 2.72. The van der Waals surface area contributed by atoms with Crippen LogP contribution in [0.2, 0.25) is 0 Å². The van der Waals surface area contributed by atoms with E-state index < -0.39 is 0 Å². The molecule has 2 aliphatic rings. The summed E-state index contributed by atoms with van der Waals surface area (Å²) >= 11 is 0. The van der Waals surface area contributed by atoms with Crippen molar-refractivity contribution >= 4 is 0 Å². The minimum atomic E-state index is 0.343. The lowest BCUT2D eigenvalue weighted by Crippen LogP contribution is -2.29. The molecule has 3 rings (SSSR count). The highest BCUT2D eigenvalue weighted by atomic mass is 16.7. The van der Waals surface area contributed by atoms with Crippen LogP contribution in [0, 0.1) is 0 Å². The third-order valence-electron chi connectivity index (χ3n) is 3.52. The van der Waals surface area contributed by atoms with Crippen LogP contribution in [0.5, 0.6) is 11.5 Å². The first-order valence-corrected chi connectivity index (χ1v) is 6.16. The van der Waals surface area contributed by atoms with Crippen LogP contribution < -0.4 is 14.8 Å². The Kier molecular flexibility index (Phi) is 2.91. The molecule has 17 heavy (non-hydrogen) atoms. The Morgan fingerprint density at radius 2 is 2.29 bits per heavy atom. The largest absolute Gasteiger partial charge is 0.454 e. The van der Waals surface area contributed by atoms with Gasteiger partial charge in [-0.15, -0.1) is 0 Å². The molecular formula is C13H18N2O2. The van der Waals surface area contributed by atoms with Crippen LogP contribution in [0.4, 0.5) is 0 Å². The van der Waals surface area contributed by atoms with Crippen molar-refractivity contribution in [3.63, 3.8) is 0 Å². The molecule has 1 aromatic carbocycles. The topological polar surface area (TPSA) is 33.7 Å². The predicted octanol–water partition coefficient (Wildman–Crippen LogP) is 1.38. The van der Waals surface area contributed by atoms with E-state index in [-0.39, 0.29) is 0 Å². The van der Waals surface area contributed by atoms with Crippen LogP contribution in [0.1, 0.15) is 18.0 Å². The highest BCUT2D eigenvalue weighted by molar-refractivity contribution is 5.49. The number of nitrogens with zero attached hydrogens (tertiary/aromatic N) is 1. The highest BCUT2D eigenvalue weighted by Crippen LogP contribution is 2.39. The van der Waals surface area contributed by atoms with Gasteiger partial charge in [0.1, 0.15) is 0 Å². The zero-order chi connectivity index (χ0) is 11.7. The molecule has 4 nitrogen and oxygen atoms in total. The van der Waals surface area contributed by atoms with Crippen molar-refractivity contribution in [1.82, 2.24) is 10.2 Å². The number of fused-ring (bicyclic) bond motifs is 1. The summed E-state index contributed by atoms with van der Waals surface area (Å²) in [6, 6.07) is 6.52. The Morgan fingerprint density at radius 1 is 1.35 bits per heavy atom. The number of likely N-dealkylation sites (N-methyl/N-ethyl adjacent to an activating group) is 1. The summed E-state index contributed by atoms with van der Waals surface area (Å²) in [6.45, 7) is 3.52. The second kappa shape index (κ2) is 4.55. The second-order valence-corrected chi connectivity index (χ2v) is 4.64. The molecule has 0 amide bonds. The van der Waals surface area contributed by atoms with Gasteiger partial charge in [-0.05, 0) is 32.6 Å². The average molecular weight is 234 g/mol. The number of ether oxygens (including phenoxy) is 2. The molecule has 0 aromatic heterocycles. The quantitative estimate of drug-likeness (QED) is 0.796. The molecule has 0 spiro atoms. The highest BCUT2D eigenvalue weighted by Gasteiger charge is 2.26. The first-order valence-electron chi connectivity index (χ1n) is 6.16. The molecule has 4 heteroatoms. The van der Waals surface area contributed by atoms with Gasteiger partial charge in [-0.3, -0.25) is 4.90 Å². The van der Waals surface area contributed by atoms with Crippen LogP contribution in [0.15, 0.2) is 18.2 Å². The van der Waals surface area contributed by atoms with Gasteiger partial charge in [0, 0.05) is 12.1 Å². The zero-order valence-electron chi connectivity index (χ0n) is 10.1. The van der Waals surface area contributed by atoms with E-state index in [0.717, 1.165) is 31.1 Å². The lowest BCUT2D eigenvalue weighted by molar-refractivity contribution is 0.170. The molecule has 0 bridgehead atoms. The molecule has 1 atom stereocenters. The summed E-state index contributed by atoms with van der Waals surface area (Å²) in [5.74, 6) is 1.80. The van der Waals surface area contributed by atoms with E-state index in [2.05, 4.69) is 23.3 Å². The smallest absolute Gasteiger partial charge is 0.231 e. The zero-order valence-corrected chi connectivity index (χ0v) is 10.1. The minimum Gasteiger partial charge on any atom is -0.454 e. The van der Waals surface area contributed by atoms with E-state index in [9.17, 15) is 0 Å². The number of hydrogen-bond donors (Lipinski definition) is 1. The van der Waals surface area contributed by atoms with E-state index >= 15 is 0 Å². The molecular weight excluding hydrogens is 216 g/mol. The summed E-state index contributed by atoms with van der Waals surface area (Å²) < 4.78 is 11.0. The van der Waals surface area contributed by atoms with Gasteiger partial charge in [-0.1, -0.05) is 12.1 Å². The maximum Gasteiger partial charge on any atom is 0.231 e. The normalized spacial score (nSPS) is 24.6. The Morgan fingerprint density at radius 3 is 3.24 bits per heavy atom. The fourth-order valence-corrected chi connectivity index (χ4v) is 2.57. The van der Waals surface area contributed by atoms with Crippen molar-refractivity contribution in [3.05, 3.63) is 23.8 Å². The van der Waals surface area contributed by atoms with Crippen molar-refractivity contribution < 1.29 is 9.47 Å². The van der Waals surface area contributed by atoms with Gasteiger partial charge >= 0.3 is 0 Å². The first kappa shape index (κ1) is 10.9. The summed E-state index contributed by atoms with van der Waals surface area (Å²) in [5.41, 5.74) is 1.23. The molecule has 1 fully saturated rings. The standard InChI is InChI=1S/C13H18N2O2/c1-15-7-3-6-14-8-11(15)10-4-2-5-12-13(10)17-9-16-12/h2,4-5,11,14H,3,6-9H2,1H3. The van der Waals surface area contributed by atoms with Crippen LogP contribution in [-0.2, 0) is 0 Å². The fourth-order valence-electron chi connectivity index (χ4n) is 2.57. The maximum atomic E-state index is 5.60. The van der Waals surface area contributed by atoms with Crippen molar-refractivity contribution in [3.8, 4) is 11.5 Å². The number of benzene rings is 1. The van der Waals surface area contributed by atoms with Crippen LogP contribution in [0.25, 0.3) is 0 Å². The number of para-hydroxylation sites is 1. The first-order chi connectivity index (χ1) is 8.36. The van der Waals surface area contributed by atoms with Crippen LogP contribution in [-0.4, -0.2) is 38.4 Å². The van der Waals surface area contributed by atoms with Crippen LogP contribution >= 0.6 is 0 Å². The van der Waals surface area contributed by atoms with E-state index in [4.69, 9.17) is 9.47 Å². The van der Waals surface area contributed by atoms with Crippen molar-refractivity contribution in [2.45, 2.75) is 12.5 Å². The van der Waals surface area contributed by atoms with Crippen molar-refractivity contribution in [2.24, 2.45) is 0 Å². The molecule has 1 aromatic rings. The molecule has 0 radical (unpaired) electrons. The molecule has 1 saturated heterocycles. The monoisotopic (exact) mass is 234 g/mol. The Hall–Kier alpha value is -1.26. The minimum absolute atomic E-state index is 0.343. The Labute approximate surface area is 102 Å². The van der Waals surface area contributed by atoms with Gasteiger partial charge in [-0.25, -0.2) is 0 Å². The van der Waals surface area contributed by atoms with Crippen molar-refractivity contribution in [2.75, 3.05) is 33.5 Å². The third kappa shape index (κ3) is 1.98. The number of rotatable bonds is 1. The molecule has 0 saturated carbocycles. The van der Waals surface area contributed by atoms with E-state index in [1.54, 1.807) is 0 Å². The van der Waals surface area contributed by atoms with Gasteiger partial charge in [0.05, 0.1) is 6.04 Å². The fraction of sp³-hybridized carbons (Fsp3) is 0.538. The van der Waals surface area contributed by atoms with E-state index in [0.29, 0.717) is 12.8 Å². The summed E-state index contributed by atoms with van der Waals surface area (Å²) in [6.07, 6.45) is 1.19. The van der Waals surface area contributed by atoms with Gasteiger partial charge in [0.15, 0.2) is 11.5 Å². The van der Waals surface area contributed by atoms with E-state index in [1.165, 1.54) is 12.0 Å². The molecule has 1 N–H and O–H groups in total. The van der Waals surface area contributed by atoms with Crippen molar-refractivity contribution in [1.29, 1.82) is 0 Å². The third-order valence-corrected chi connectivity index (χ3v) is 3.52. The van der Waals surface area contributed by atoms with Gasteiger partial charge < -0.3 is 14.8 Å². The van der Waals surface area contributed by atoms with Gasteiger partial charge in [0.2, 0.25) is 6.79 Å². The van der Waals surface area contributed by atoms with Crippen LogP contribution in [0.3, 0.4) is 0 Å². The molecule has 92 valence electrons. The molecule has 2 aliphatic heterocycles. The lowest BCUT2D eigenvalue weighted by atomic mass is 10.0. The van der Waals surface area contributed by atoms with Gasteiger partial charge in [-0.2, -0.15) is 0 Å². The molecule has 1 unspecified atom stereocenters. The Balaban J connectivity index is 1.94. The summed E-state index contributed by atoms with van der Waals surface area (Å²) in [7, 11) is 2.17. The lowest BCUT2D eigenvalue weighted by Gasteiger charge is -2.26. The summed E-state index contributed by atoms with van der Waals surface area (Å²) in [5, 5.41) is 3.48. The second-order valence-electron chi connectivity index (χ2n) is 4.64. The predicted molar refractivity (Wildman–Crippen MR) is 65.4 cm³/mol. The number of nitrogens with one attached hydrogen (secondary N) is 1. The molecule has 2 heterocycles.